The van der Waals surface area contributed by atoms with E-state index in [1.54, 1.807) is 0 Å². The Bertz CT molecular complexity index is 373. The number of hydrogen-bond donors (Lipinski definition) is 0. The molecular formula is C17H26ClN. The van der Waals surface area contributed by atoms with E-state index in [9.17, 15) is 0 Å². The molecule has 0 spiro atoms. The van der Waals surface area contributed by atoms with Gasteiger partial charge in [-0.25, -0.2) is 0 Å². The SMILES string of the molecule is CCCc1ccc(C(Cl)CN2CCCCC2C)cc1. The van der Waals surface area contributed by atoms with Gasteiger partial charge >= 0.3 is 0 Å². The molecule has 2 atom stereocenters. The van der Waals surface area contributed by atoms with Gasteiger partial charge in [-0.3, -0.25) is 4.90 Å². The van der Waals surface area contributed by atoms with Crippen molar-refractivity contribution in [3.8, 4) is 0 Å². The fraction of sp³-hybridized carbons (Fsp3) is 0.647. The van der Waals surface area contributed by atoms with Crippen molar-refractivity contribution in [2.24, 2.45) is 0 Å². The number of hydrogen-bond acceptors (Lipinski definition) is 1. The van der Waals surface area contributed by atoms with E-state index < -0.39 is 0 Å². The molecule has 1 heterocycles. The minimum Gasteiger partial charge on any atom is -0.299 e. The maximum atomic E-state index is 6.59. The zero-order valence-electron chi connectivity index (χ0n) is 12.2. The van der Waals surface area contributed by atoms with Gasteiger partial charge in [-0.15, -0.1) is 11.6 Å². The minimum absolute atomic E-state index is 0.122. The molecule has 0 saturated carbocycles. The van der Waals surface area contributed by atoms with Gasteiger partial charge in [0.2, 0.25) is 0 Å². The van der Waals surface area contributed by atoms with Crippen LogP contribution in [0.15, 0.2) is 24.3 Å². The Morgan fingerprint density at radius 3 is 2.63 bits per heavy atom. The lowest BCUT2D eigenvalue weighted by Crippen LogP contribution is -2.39. The van der Waals surface area contributed by atoms with Crippen molar-refractivity contribution in [1.29, 1.82) is 0 Å². The fourth-order valence-electron chi connectivity index (χ4n) is 2.92. The lowest BCUT2D eigenvalue weighted by atomic mass is 10.0. The summed E-state index contributed by atoms with van der Waals surface area (Å²) in [5.74, 6) is 0. The van der Waals surface area contributed by atoms with Gasteiger partial charge in [0, 0.05) is 12.6 Å². The van der Waals surface area contributed by atoms with Crippen LogP contribution in [-0.2, 0) is 6.42 Å². The molecule has 0 aromatic heterocycles. The molecule has 1 aliphatic rings. The van der Waals surface area contributed by atoms with Crippen LogP contribution in [0.3, 0.4) is 0 Å². The van der Waals surface area contributed by atoms with Crippen molar-refractivity contribution in [3.05, 3.63) is 35.4 Å². The van der Waals surface area contributed by atoms with Crippen LogP contribution in [0, 0.1) is 0 Å². The van der Waals surface area contributed by atoms with Crippen LogP contribution in [0.5, 0.6) is 0 Å². The van der Waals surface area contributed by atoms with E-state index in [0.717, 1.165) is 13.0 Å². The molecule has 2 rings (SSSR count). The standard InChI is InChI=1S/C17H26ClN/c1-3-6-15-8-10-16(11-9-15)17(18)13-19-12-5-4-7-14(19)2/h8-11,14,17H,3-7,12-13H2,1-2H3. The zero-order valence-corrected chi connectivity index (χ0v) is 13.0. The second-order valence-corrected chi connectivity index (χ2v) is 6.33. The third kappa shape index (κ3) is 4.22. The molecule has 1 aliphatic heterocycles. The molecule has 1 saturated heterocycles. The van der Waals surface area contributed by atoms with Gasteiger partial charge in [-0.1, -0.05) is 44.0 Å². The van der Waals surface area contributed by atoms with Crippen LogP contribution in [0.1, 0.15) is 56.0 Å². The van der Waals surface area contributed by atoms with E-state index in [4.69, 9.17) is 11.6 Å². The quantitative estimate of drug-likeness (QED) is 0.700. The Morgan fingerprint density at radius 2 is 2.00 bits per heavy atom. The lowest BCUT2D eigenvalue weighted by Gasteiger charge is -2.34. The first kappa shape index (κ1) is 14.9. The summed E-state index contributed by atoms with van der Waals surface area (Å²) in [6, 6.07) is 9.56. The van der Waals surface area contributed by atoms with E-state index in [0.29, 0.717) is 6.04 Å². The Kier molecular flexibility index (Phi) is 5.72. The summed E-state index contributed by atoms with van der Waals surface area (Å²) in [6.07, 6.45) is 6.38. The molecule has 2 heteroatoms. The molecule has 0 aliphatic carbocycles. The number of halogens is 1. The normalized spacial score (nSPS) is 22.4. The van der Waals surface area contributed by atoms with E-state index >= 15 is 0 Å². The number of aryl methyl sites for hydroxylation is 1. The van der Waals surface area contributed by atoms with Gasteiger partial charge in [0.15, 0.2) is 0 Å². The number of alkyl halides is 1. The van der Waals surface area contributed by atoms with Gasteiger partial charge in [-0.05, 0) is 43.9 Å². The monoisotopic (exact) mass is 279 g/mol. The number of likely N-dealkylation sites (tertiary alicyclic amines) is 1. The lowest BCUT2D eigenvalue weighted by molar-refractivity contribution is 0.161. The van der Waals surface area contributed by atoms with Gasteiger partial charge in [0.05, 0.1) is 5.38 Å². The summed E-state index contributed by atoms with van der Waals surface area (Å²) in [6.45, 7) is 6.73. The Labute approximate surface area is 123 Å². The van der Waals surface area contributed by atoms with Crippen LogP contribution in [0.4, 0.5) is 0 Å². The molecule has 1 aromatic rings. The summed E-state index contributed by atoms with van der Waals surface area (Å²) >= 11 is 6.59. The minimum atomic E-state index is 0.122. The van der Waals surface area contributed by atoms with Crippen LogP contribution >= 0.6 is 11.6 Å². The fourth-order valence-corrected chi connectivity index (χ4v) is 3.24. The van der Waals surface area contributed by atoms with Crippen molar-refractivity contribution >= 4 is 11.6 Å². The number of nitrogens with zero attached hydrogens (tertiary/aromatic N) is 1. The number of rotatable bonds is 5. The van der Waals surface area contributed by atoms with Crippen LogP contribution in [0.2, 0.25) is 0 Å². The third-order valence-corrected chi connectivity index (χ3v) is 4.61. The second-order valence-electron chi connectivity index (χ2n) is 5.80. The molecular weight excluding hydrogens is 254 g/mol. The van der Waals surface area contributed by atoms with Crippen LogP contribution in [-0.4, -0.2) is 24.0 Å². The third-order valence-electron chi connectivity index (χ3n) is 4.22. The maximum Gasteiger partial charge on any atom is 0.0712 e. The largest absolute Gasteiger partial charge is 0.299 e. The smallest absolute Gasteiger partial charge is 0.0712 e. The molecule has 2 unspecified atom stereocenters. The molecule has 1 fully saturated rings. The summed E-state index contributed by atoms with van der Waals surface area (Å²) in [4.78, 5) is 2.54. The Balaban J connectivity index is 1.93. The van der Waals surface area contributed by atoms with E-state index in [-0.39, 0.29) is 5.38 Å². The van der Waals surface area contributed by atoms with Gasteiger partial charge < -0.3 is 0 Å². The van der Waals surface area contributed by atoms with Gasteiger partial charge in [0.1, 0.15) is 0 Å². The highest BCUT2D eigenvalue weighted by Gasteiger charge is 2.21. The van der Waals surface area contributed by atoms with Crippen molar-refractivity contribution < 1.29 is 0 Å². The predicted octanol–water partition coefficient (Wildman–Crippen LogP) is 4.79. The highest BCUT2D eigenvalue weighted by atomic mass is 35.5. The van der Waals surface area contributed by atoms with Crippen molar-refractivity contribution in [2.75, 3.05) is 13.1 Å². The first-order valence-corrected chi connectivity index (χ1v) is 8.11. The number of benzene rings is 1. The van der Waals surface area contributed by atoms with E-state index in [2.05, 4.69) is 43.0 Å². The highest BCUT2D eigenvalue weighted by Crippen LogP contribution is 2.26. The molecule has 0 amide bonds. The predicted molar refractivity (Wildman–Crippen MR) is 83.9 cm³/mol. The molecule has 0 radical (unpaired) electrons. The Hall–Kier alpha value is -0.530. The average molecular weight is 280 g/mol. The highest BCUT2D eigenvalue weighted by molar-refractivity contribution is 6.21. The first-order valence-electron chi connectivity index (χ1n) is 7.67. The molecule has 1 aromatic carbocycles. The molecule has 19 heavy (non-hydrogen) atoms. The van der Waals surface area contributed by atoms with Gasteiger partial charge in [-0.2, -0.15) is 0 Å². The van der Waals surface area contributed by atoms with E-state index in [1.807, 2.05) is 0 Å². The van der Waals surface area contributed by atoms with Gasteiger partial charge in [0.25, 0.3) is 0 Å². The van der Waals surface area contributed by atoms with Crippen LogP contribution < -0.4 is 0 Å². The molecule has 106 valence electrons. The topological polar surface area (TPSA) is 3.24 Å². The zero-order chi connectivity index (χ0) is 13.7. The number of piperidine rings is 1. The first-order chi connectivity index (χ1) is 9.20. The summed E-state index contributed by atoms with van der Waals surface area (Å²) in [5.41, 5.74) is 2.68. The summed E-state index contributed by atoms with van der Waals surface area (Å²) < 4.78 is 0. The van der Waals surface area contributed by atoms with Crippen molar-refractivity contribution in [1.82, 2.24) is 4.90 Å². The van der Waals surface area contributed by atoms with Crippen LogP contribution in [0.25, 0.3) is 0 Å². The molecule has 0 bridgehead atoms. The second kappa shape index (κ2) is 7.31. The average Bonchev–Trinajstić information content (AvgIpc) is 2.42. The summed E-state index contributed by atoms with van der Waals surface area (Å²) in [7, 11) is 0. The van der Waals surface area contributed by atoms with E-state index in [1.165, 1.54) is 43.4 Å². The Morgan fingerprint density at radius 1 is 1.26 bits per heavy atom. The molecule has 1 nitrogen and oxygen atoms in total. The maximum absolute atomic E-state index is 6.59. The van der Waals surface area contributed by atoms with Crippen molar-refractivity contribution in [2.45, 2.75) is 57.4 Å². The molecule has 0 N–H and O–H groups in total. The van der Waals surface area contributed by atoms with Crippen molar-refractivity contribution in [3.63, 3.8) is 0 Å². The summed E-state index contributed by atoms with van der Waals surface area (Å²) in [5, 5.41) is 0.122.